The summed E-state index contributed by atoms with van der Waals surface area (Å²) in [6.07, 6.45) is 0. The summed E-state index contributed by atoms with van der Waals surface area (Å²) in [5.41, 5.74) is 0.696. The summed E-state index contributed by atoms with van der Waals surface area (Å²) in [6.45, 7) is 1.69. The highest BCUT2D eigenvalue weighted by molar-refractivity contribution is 7.89. The molecule has 3 aromatic rings. The zero-order valence-electron chi connectivity index (χ0n) is 15.7. The molecule has 30 heavy (non-hydrogen) atoms. The van der Waals surface area contributed by atoms with Crippen LogP contribution in [0.2, 0.25) is 10.0 Å². The van der Waals surface area contributed by atoms with E-state index in [-0.39, 0.29) is 21.2 Å². The van der Waals surface area contributed by atoms with Crippen LogP contribution in [0.3, 0.4) is 0 Å². The molecule has 0 radical (unpaired) electrons. The molecule has 1 unspecified atom stereocenters. The maximum Gasteiger partial charge on any atom is 0.257 e. The minimum atomic E-state index is -3.98. The monoisotopic (exact) mass is 466 g/mol. The van der Waals surface area contributed by atoms with Crippen LogP contribution in [0.25, 0.3) is 0 Å². The Labute approximate surface area is 183 Å². The summed E-state index contributed by atoms with van der Waals surface area (Å²) < 4.78 is 42.2. The van der Waals surface area contributed by atoms with Crippen molar-refractivity contribution in [3.63, 3.8) is 0 Å². The van der Waals surface area contributed by atoms with E-state index in [1.807, 2.05) is 6.07 Å². The highest BCUT2D eigenvalue weighted by Gasteiger charge is 2.21. The van der Waals surface area contributed by atoms with E-state index in [1.54, 1.807) is 31.2 Å². The smallest absolute Gasteiger partial charge is 0.257 e. The molecule has 1 atom stereocenters. The molecule has 9 heteroatoms. The largest absolute Gasteiger partial charge is 0.319 e. The van der Waals surface area contributed by atoms with Gasteiger partial charge in [-0.1, -0.05) is 53.5 Å². The molecule has 5 nitrogen and oxygen atoms in total. The molecule has 0 heterocycles. The molecule has 0 spiro atoms. The summed E-state index contributed by atoms with van der Waals surface area (Å²) in [6, 6.07) is 16.0. The normalized spacial score (nSPS) is 12.4. The van der Waals surface area contributed by atoms with E-state index in [0.29, 0.717) is 5.02 Å². The lowest BCUT2D eigenvalue weighted by molar-refractivity contribution is 0.102. The van der Waals surface area contributed by atoms with Crippen LogP contribution in [0.15, 0.2) is 71.6 Å². The van der Waals surface area contributed by atoms with Gasteiger partial charge in [0.05, 0.1) is 21.2 Å². The molecular weight excluding hydrogens is 450 g/mol. The van der Waals surface area contributed by atoms with Crippen LogP contribution in [-0.2, 0) is 10.0 Å². The number of carbonyl (C=O) groups excluding carboxylic acids is 1. The zero-order chi connectivity index (χ0) is 21.9. The number of amides is 1. The molecule has 0 aromatic heterocycles. The number of carbonyl (C=O) groups is 1. The van der Waals surface area contributed by atoms with Crippen LogP contribution < -0.4 is 10.0 Å². The van der Waals surface area contributed by atoms with Gasteiger partial charge in [0, 0.05) is 11.1 Å². The van der Waals surface area contributed by atoms with Crippen molar-refractivity contribution in [3.05, 3.63) is 93.7 Å². The summed E-state index contributed by atoms with van der Waals surface area (Å²) in [5.74, 6) is -1.55. The lowest BCUT2D eigenvalue weighted by Crippen LogP contribution is -2.27. The number of nitrogens with one attached hydrogen (secondary N) is 2. The van der Waals surface area contributed by atoms with Crippen molar-refractivity contribution in [1.29, 1.82) is 0 Å². The van der Waals surface area contributed by atoms with Crippen LogP contribution in [0.5, 0.6) is 0 Å². The SMILES string of the molecule is CC(NS(=O)(=O)c1ccc(NC(=O)c2ccc(Cl)cc2Cl)c(F)c1)c1ccccc1. The van der Waals surface area contributed by atoms with Crippen molar-refractivity contribution in [3.8, 4) is 0 Å². The number of hydrogen-bond donors (Lipinski definition) is 2. The molecule has 156 valence electrons. The van der Waals surface area contributed by atoms with Gasteiger partial charge in [-0.25, -0.2) is 17.5 Å². The van der Waals surface area contributed by atoms with Crippen molar-refractivity contribution < 1.29 is 17.6 Å². The van der Waals surface area contributed by atoms with Crippen molar-refractivity contribution in [2.75, 3.05) is 5.32 Å². The van der Waals surface area contributed by atoms with Crippen LogP contribution >= 0.6 is 23.2 Å². The fourth-order valence-electron chi connectivity index (χ4n) is 2.74. The molecule has 0 saturated carbocycles. The van der Waals surface area contributed by atoms with Crippen LogP contribution in [-0.4, -0.2) is 14.3 Å². The molecule has 1 amide bonds. The highest BCUT2D eigenvalue weighted by Crippen LogP contribution is 2.25. The van der Waals surface area contributed by atoms with Gasteiger partial charge in [-0.05, 0) is 48.9 Å². The quantitative estimate of drug-likeness (QED) is 0.508. The summed E-state index contributed by atoms with van der Waals surface area (Å²) in [4.78, 5) is 12.1. The average molecular weight is 467 g/mol. The number of hydrogen-bond acceptors (Lipinski definition) is 3. The first-order chi connectivity index (χ1) is 14.2. The molecule has 0 aliphatic rings. The number of sulfonamides is 1. The number of benzene rings is 3. The predicted molar refractivity (Wildman–Crippen MR) is 116 cm³/mol. The van der Waals surface area contributed by atoms with Crippen LogP contribution in [0.1, 0.15) is 28.9 Å². The third kappa shape index (κ3) is 5.17. The maximum absolute atomic E-state index is 14.5. The Morgan fingerprint density at radius 3 is 2.33 bits per heavy atom. The molecule has 2 N–H and O–H groups in total. The van der Waals surface area contributed by atoms with Crippen molar-refractivity contribution in [1.82, 2.24) is 4.72 Å². The van der Waals surface area contributed by atoms with Crippen LogP contribution in [0, 0.1) is 5.82 Å². The van der Waals surface area contributed by atoms with Gasteiger partial charge in [-0.2, -0.15) is 0 Å². The van der Waals surface area contributed by atoms with Gasteiger partial charge in [0.2, 0.25) is 10.0 Å². The molecular formula is C21H17Cl2FN2O3S. The van der Waals surface area contributed by atoms with Gasteiger partial charge in [0.25, 0.3) is 5.91 Å². The van der Waals surface area contributed by atoms with Gasteiger partial charge >= 0.3 is 0 Å². The van der Waals surface area contributed by atoms with Gasteiger partial charge in [0.15, 0.2) is 0 Å². The second kappa shape index (κ2) is 9.14. The van der Waals surface area contributed by atoms with Gasteiger partial charge in [-0.3, -0.25) is 4.79 Å². The predicted octanol–water partition coefficient (Wildman–Crippen LogP) is 5.42. The van der Waals surface area contributed by atoms with E-state index in [2.05, 4.69) is 10.0 Å². The molecule has 0 aliphatic heterocycles. The maximum atomic E-state index is 14.5. The van der Waals surface area contributed by atoms with Gasteiger partial charge in [0.1, 0.15) is 5.82 Å². The third-order valence-corrected chi connectivity index (χ3v) is 6.39. The summed E-state index contributed by atoms with van der Waals surface area (Å²) in [5, 5.41) is 2.84. The number of anilines is 1. The molecule has 0 saturated heterocycles. The van der Waals surface area contributed by atoms with Crippen molar-refractivity contribution in [2.45, 2.75) is 17.9 Å². The Hall–Kier alpha value is -2.45. The van der Waals surface area contributed by atoms with Gasteiger partial charge < -0.3 is 5.32 Å². The Kier molecular flexibility index (Phi) is 6.77. The van der Waals surface area contributed by atoms with Crippen molar-refractivity contribution >= 4 is 44.8 Å². The summed E-state index contributed by atoms with van der Waals surface area (Å²) >= 11 is 11.8. The third-order valence-electron chi connectivity index (χ3n) is 4.31. The van der Waals surface area contributed by atoms with E-state index < -0.39 is 27.8 Å². The van der Waals surface area contributed by atoms with Gasteiger partial charge in [-0.15, -0.1) is 0 Å². The van der Waals surface area contributed by atoms with E-state index in [0.717, 1.165) is 11.6 Å². The highest BCUT2D eigenvalue weighted by atomic mass is 35.5. The lowest BCUT2D eigenvalue weighted by Gasteiger charge is -2.15. The zero-order valence-corrected chi connectivity index (χ0v) is 18.0. The van der Waals surface area contributed by atoms with E-state index in [4.69, 9.17) is 23.2 Å². The van der Waals surface area contributed by atoms with E-state index in [9.17, 15) is 17.6 Å². The van der Waals surface area contributed by atoms with E-state index in [1.165, 1.54) is 30.3 Å². The first-order valence-corrected chi connectivity index (χ1v) is 11.0. The second-order valence-electron chi connectivity index (χ2n) is 6.47. The average Bonchev–Trinajstić information content (AvgIpc) is 2.69. The second-order valence-corrected chi connectivity index (χ2v) is 9.03. The fraction of sp³-hybridized carbons (Fsp3) is 0.0952. The Bertz CT molecular complexity index is 1190. The topological polar surface area (TPSA) is 75.3 Å². The number of halogens is 3. The summed E-state index contributed by atoms with van der Waals surface area (Å²) in [7, 11) is -3.98. The Morgan fingerprint density at radius 2 is 1.70 bits per heavy atom. The van der Waals surface area contributed by atoms with Crippen LogP contribution in [0.4, 0.5) is 10.1 Å². The minimum absolute atomic E-state index is 0.107. The molecule has 0 aliphatic carbocycles. The fourth-order valence-corrected chi connectivity index (χ4v) is 4.48. The lowest BCUT2D eigenvalue weighted by atomic mass is 10.1. The Morgan fingerprint density at radius 1 is 1.00 bits per heavy atom. The first kappa shape index (κ1) is 22.2. The molecule has 3 aromatic carbocycles. The molecule has 3 rings (SSSR count). The Balaban J connectivity index is 1.78. The number of rotatable bonds is 6. The molecule has 0 bridgehead atoms. The standard InChI is InChI=1S/C21H17Cl2FN2O3S/c1-13(14-5-3-2-4-6-14)26-30(28,29)16-8-10-20(19(24)12-16)25-21(27)17-9-7-15(22)11-18(17)23/h2-13,26H,1H3,(H,25,27). The van der Waals surface area contributed by atoms with E-state index >= 15 is 0 Å². The van der Waals surface area contributed by atoms with Crippen molar-refractivity contribution in [2.24, 2.45) is 0 Å². The molecule has 0 fully saturated rings. The minimum Gasteiger partial charge on any atom is -0.319 e. The first-order valence-electron chi connectivity index (χ1n) is 8.80.